The minimum absolute atomic E-state index is 0.0793. The summed E-state index contributed by atoms with van der Waals surface area (Å²) in [5.74, 6) is 0.265. The maximum absolute atomic E-state index is 12.3. The molecule has 2 aromatic rings. The van der Waals surface area contributed by atoms with Gasteiger partial charge in [0.1, 0.15) is 5.75 Å². The van der Waals surface area contributed by atoms with E-state index in [9.17, 15) is 9.59 Å². The number of nitrogens with zero attached hydrogens (tertiary/aromatic N) is 2. The lowest BCUT2D eigenvalue weighted by Crippen LogP contribution is -2.72. The molecule has 1 aliphatic heterocycles. The average Bonchev–Trinajstić information content (AvgIpc) is 2.78. The number of benzene rings is 2. The summed E-state index contributed by atoms with van der Waals surface area (Å²) >= 11 is 0. The first-order valence-electron chi connectivity index (χ1n) is 10.8. The van der Waals surface area contributed by atoms with E-state index in [1.54, 1.807) is 36.4 Å². The van der Waals surface area contributed by atoms with Gasteiger partial charge in [-0.1, -0.05) is 12.1 Å². The quantitative estimate of drug-likeness (QED) is 0.143. The fourth-order valence-corrected chi connectivity index (χ4v) is 3.21. The SMILES string of the molecule is CN1CCN(C(=O)CCc2ccc(OC(=O)c3ccc([NH+]=C(N)N)cc3)cc2)CC1.CS(=O)(=O)[O-]. The van der Waals surface area contributed by atoms with Gasteiger partial charge in [-0.15, -0.1) is 0 Å². The number of nitrogens with one attached hydrogen (secondary N) is 1. The van der Waals surface area contributed by atoms with Gasteiger partial charge in [0.15, 0.2) is 0 Å². The third-order valence-electron chi connectivity index (χ3n) is 5.03. The summed E-state index contributed by atoms with van der Waals surface area (Å²) in [4.78, 5) is 31.6. The zero-order valence-corrected chi connectivity index (χ0v) is 20.6. The van der Waals surface area contributed by atoms with Crippen LogP contribution in [0.25, 0.3) is 0 Å². The third kappa shape index (κ3) is 11.0. The van der Waals surface area contributed by atoms with E-state index in [-0.39, 0.29) is 11.9 Å². The molecule has 3 rings (SSSR count). The molecular weight excluding hydrogens is 474 g/mol. The number of carbonyl (C=O) groups is 2. The van der Waals surface area contributed by atoms with Crippen LogP contribution in [0.1, 0.15) is 22.3 Å². The number of carbonyl (C=O) groups excluding carboxylic acids is 2. The topological polar surface area (TPSA) is 173 Å². The molecule has 35 heavy (non-hydrogen) atoms. The lowest BCUT2D eigenvalue weighted by atomic mass is 10.1. The molecule has 0 aromatic heterocycles. The number of hydrogen-bond donors (Lipinski definition) is 3. The predicted octanol–water partition coefficient (Wildman–Crippen LogP) is -1.24. The number of ether oxygens (including phenoxy) is 1. The van der Waals surface area contributed by atoms with Crippen molar-refractivity contribution < 1.29 is 32.3 Å². The molecule has 1 saturated heterocycles. The second-order valence-corrected chi connectivity index (χ2v) is 9.49. The molecule has 5 N–H and O–H groups in total. The Balaban J connectivity index is 0.000000784. The first kappa shape index (κ1) is 27.8. The monoisotopic (exact) mass is 505 g/mol. The molecule has 1 heterocycles. The number of aryl methyl sites for hydroxylation is 1. The average molecular weight is 506 g/mol. The highest BCUT2D eigenvalue weighted by molar-refractivity contribution is 7.84. The van der Waals surface area contributed by atoms with Gasteiger partial charge in [-0.05, 0) is 55.4 Å². The Labute approximate surface area is 205 Å². The highest BCUT2D eigenvalue weighted by Crippen LogP contribution is 2.16. The zero-order chi connectivity index (χ0) is 26.0. The molecule has 0 bridgehead atoms. The highest BCUT2D eigenvalue weighted by atomic mass is 32.2. The summed E-state index contributed by atoms with van der Waals surface area (Å²) in [7, 11) is -1.85. The number of piperazine rings is 1. The Kier molecular flexibility index (Phi) is 10.2. The van der Waals surface area contributed by atoms with Gasteiger partial charge in [-0.3, -0.25) is 16.3 Å². The van der Waals surface area contributed by atoms with Crippen molar-refractivity contribution in [1.82, 2.24) is 9.80 Å². The van der Waals surface area contributed by atoms with Gasteiger partial charge in [0.05, 0.1) is 21.4 Å². The first-order valence-corrected chi connectivity index (χ1v) is 12.7. The van der Waals surface area contributed by atoms with Crippen molar-refractivity contribution in [2.75, 3.05) is 39.5 Å². The molecule has 190 valence electrons. The van der Waals surface area contributed by atoms with Gasteiger partial charge in [0.25, 0.3) is 0 Å². The highest BCUT2D eigenvalue weighted by Gasteiger charge is 2.18. The molecule has 1 aliphatic rings. The van der Waals surface area contributed by atoms with Crippen LogP contribution in [0, 0.1) is 0 Å². The molecule has 12 heteroatoms. The number of esters is 1. The Hall–Kier alpha value is -3.48. The fraction of sp³-hybridized carbons (Fsp3) is 0.348. The Morgan fingerprint density at radius 2 is 1.54 bits per heavy atom. The van der Waals surface area contributed by atoms with Gasteiger partial charge >= 0.3 is 11.9 Å². The van der Waals surface area contributed by atoms with E-state index < -0.39 is 16.1 Å². The van der Waals surface area contributed by atoms with Crippen LogP contribution < -0.4 is 21.2 Å². The summed E-state index contributed by atoms with van der Waals surface area (Å²) in [5, 5.41) is 0. The van der Waals surface area contributed by atoms with E-state index in [2.05, 4.69) is 16.9 Å². The smallest absolute Gasteiger partial charge is 0.343 e. The largest absolute Gasteiger partial charge is 0.748 e. The number of nitrogens with two attached hydrogens (primary N) is 2. The van der Waals surface area contributed by atoms with E-state index >= 15 is 0 Å². The van der Waals surface area contributed by atoms with Crippen molar-refractivity contribution in [1.29, 1.82) is 0 Å². The van der Waals surface area contributed by atoms with E-state index in [1.807, 2.05) is 17.0 Å². The first-order chi connectivity index (χ1) is 16.4. The second kappa shape index (κ2) is 12.8. The van der Waals surface area contributed by atoms with Crippen LogP contribution >= 0.6 is 0 Å². The normalized spacial score (nSPS) is 13.9. The molecule has 0 spiro atoms. The minimum atomic E-state index is -3.92. The Morgan fingerprint density at radius 1 is 1.00 bits per heavy atom. The Morgan fingerprint density at radius 3 is 2.06 bits per heavy atom. The third-order valence-corrected chi connectivity index (χ3v) is 5.03. The van der Waals surface area contributed by atoms with Crippen LogP contribution in [-0.4, -0.2) is 80.1 Å². The maximum Gasteiger partial charge on any atom is 0.343 e. The van der Waals surface area contributed by atoms with Crippen LogP contribution in [0.5, 0.6) is 5.75 Å². The van der Waals surface area contributed by atoms with Crippen molar-refractivity contribution in [3.63, 3.8) is 0 Å². The van der Waals surface area contributed by atoms with Crippen molar-refractivity contribution in [3.05, 3.63) is 59.7 Å². The minimum Gasteiger partial charge on any atom is -0.748 e. The number of amides is 1. The number of hydrogen-bond acceptors (Lipinski definition) is 7. The molecule has 1 amide bonds. The van der Waals surface area contributed by atoms with Crippen LogP contribution in [0.2, 0.25) is 0 Å². The molecule has 0 saturated carbocycles. The maximum atomic E-state index is 12.3. The van der Waals surface area contributed by atoms with Crippen LogP contribution in [0.15, 0.2) is 48.5 Å². The molecule has 2 aromatic carbocycles. The molecular formula is C23H31N5O6S. The van der Waals surface area contributed by atoms with Crippen molar-refractivity contribution >= 4 is 33.6 Å². The summed E-state index contributed by atoms with van der Waals surface area (Å²) in [6.45, 7) is 3.42. The fourth-order valence-electron chi connectivity index (χ4n) is 3.21. The van der Waals surface area contributed by atoms with E-state index in [4.69, 9.17) is 29.2 Å². The van der Waals surface area contributed by atoms with E-state index in [0.29, 0.717) is 36.1 Å². The summed E-state index contributed by atoms with van der Waals surface area (Å²) in [6, 6.07) is 13.9. The molecule has 0 unspecified atom stereocenters. The van der Waals surface area contributed by atoms with Crippen LogP contribution in [-0.2, 0) is 21.3 Å². The summed E-state index contributed by atoms with van der Waals surface area (Å²) in [5.41, 5.74) is 12.9. The predicted molar refractivity (Wildman–Crippen MR) is 130 cm³/mol. The lowest BCUT2D eigenvalue weighted by molar-refractivity contribution is -0.356. The van der Waals surface area contributed by atoms with Gasteiger partial charge in [0.2, 0.25) is 5.91 Å². The van der Waals surface area contributed by atoms with Gasteiger partial charge in [-0.2, -0.15) is 0 Å². The Bertz CT molecular complexity index is 1110. The standard InChI is InChI=1S/C22H27N5O3.CH4O3S/c1-26-12-14-27(15-13-26)20(28)11-4-16-2-9-19(10-3-16)30-21(29)17-5-7-18(8-6-17)25-22(23)24;1-5(2,3)4/h2-3,5-10H,4,11-15H2,1H3,(H4,23,24,25);1H3,(H,2,3,4). The summed E-state index contributed by atoms with van der Waals surface area (Å²) in [6.07, 6.45) is 1.75. The molecule has 0 radical (unpaired) electrons. The van der Waals surface area contributed by atoms with Crippen LogP contribution in [0.3, 0.4) is 0 Å². The van der Waals surface area contributed by atoms with E-state index in [0.717, 1.165) is 31.7 Å². The molecule has 0 aliphatic carbocycles. The van der Waals surface area contributed by atoms with E-state index in [1.165, 1.54) is 0 Å². The number of likely N-dealkylation sites (N-methyl/N-ethyl adjacent to an activating group) is 1. The molecule has 11 nitrogen and oxygen atoms in total. The van der Waals surface area contributed by atoms with Gasteiger partial charge in [-0.25, -0.2) is 18.2 Å². The molecule has 0 atom stereocenters. The van der Waals surface area contributed by atoms with Crippen molar-refractivity contribution in [2.24, 2.45) is 11.5 Å². The second-order valence-electron chi connectivity index (χ2n) is 8.08. The summed E-state index contributed by atoms with van der Waals surface area (Å²) < 4.78 is 32.6. The van der Waals surface area contributed by atoms with Crippen molar-refractivity contribution in [3.8, 4) is 5.75 Å². The van der Waals surface area contributed by atoms with Gasteiger partial charge < -0.3 is 19.1 Å². The number of guanidine groups is 1. The van der Waals surface area contributed by atoms with Crippen LogP contribution in [0.4, 0.5) is 5.69 Å². The molecule has 1 fully saturated rings. The van der Waals surface area contributed by atoms with Gasteiger partial charge in [0, 0.05) is 38.9 Å². The number of rotatable bonds is 6. The zero-order valence-electron chi connectivity index (χ0n) is 19.8. The van der Waals surface area contributed by atoms with Crippen molar-refractivity contribution in [2.45, 2.75) is 12.8 Å². The lowest BCUT2D eigenvalue weighted by Gasteiger charge is -2.32.